The molecule has 0 heterocycles. The molecule has 0 spiro atoms. The van der Waals surface area contributed by atoms with Crippen LogP contribution in [0.4, 0.5) is 0 Å². The number of ether oxygens (including phenoxy) is 4. The van der Waals surface area contributed by atoms with Crippen molar-refractivity contribution in [3.63, 3.8) is 0 Å². The zero-order chi connectivity index (χ0) is 30.5. The molecule has 2 aliphatic carbocycles. The first-order chi connectivity index (χ1) is 21.6. The zero-order valence-electron chi connectivity index (χ0n) is 26.6. The van der Waals surface area contributed by atoms with E-state index in [9.17, 15) is 0 Å². The van der Waals surface area contributed by atoms with Gasteiger partial charge in [0, 0.05) is 0 Å². The van der Waals surface area contributed by atoms with Crippen molar-refractivity contribution in [2.75, 3.05) is 28.4 Å². The maximum Gasteiger partial charge on any atom is 0.118 e. The van der Waals surface area contributed by atoms with Gasteiger partial charge < -0.3 is 18.9 Å². The second-order valence-electron chi connectivity index (χ2n) is 12.8. The molecule has 0 aromatic heterocycles. The van der Waals surface area contributed by atoms with Crippen LogP contribution < -0.4 is 18.9 Å². The lowest BCUT2D eigenvalue weighted by Gasteiger charge is -2.44. The van der Waals surface area contributed by atoms with Crippen molar-refractivity contribution in [2.45, 2.75) is 62.2 Å². The Morgan fingerprint density at radius 1 is 0.318 bits per heavy atom. The first-order valence-electron chi connectivity index (χ1n) is 16.1. The van der Waals surface area contributed by atoms with Crippen LogP contribution in [0, 0.1) is 11.8 Å². The quantitative estimate of drug-likeness (QED) is 0.194. The third kappa shape index (κ3) is 6.75. The van der Waals surface area contributed by atoms with Crippen LogP contribution in [-0.2, 0) is 0 Å². The summed E-state index contributed by atoms with van der Waals surface area (Å²) in [5.41, 5.74) is 5.73. The average molecular weight is 591 g/mol. The third-order valence-corrected chi connectivity index (χ3v) is 10.5. The van der Waals surface area contributed by atoms with E-state index in [-0.39, 0.29) is 0 Å². The molecule has 2 aliphatic rings. The Labute approximate surface area is 263 Å². The second-order valence-corrected chi connectivity index (χ2v) is 12.8. The van der Waals surface area contributed by atoms with Crippen LogP contribution in [0.1, 0.15) is 84.5 Å². The van der Waals surface area contributed by atoms with E-state index in [2.05, 4.69) is 97.1 Å². The van der Waals surface area contributed by atoms with E-state index >= 15 is 0 Å². The largest absolute Gasteiger partial charge is 0.497 e. The standard InChI is InChI=1S/C40H46O4/c1-41-37-13-5-27(6-14-37)31-21-32(28-7-15-38(42-2)16-8-28)24-35(23-31)36-25-33(29-9-17-39(43-3)18-10-29)22-34(26-36)30-11-19-40(44-4)20-12-30/h5-20,31-36H,21-26H2,1-4H3. The minimum absolute atomic E-state index is 0.521. The van der Waals surface area contributed by atoms with Crippen LogP contribution in [-0.4, -0.2) is 28.4 Å². The molecule has 0 aliphatic heterocycles. The minimum atomic E-state index is 0.521. The highest BCUT2D eigenvalue weighted by molar-refractivity contribution is 5.35. The molecule has 230 valence electrons. The van der Waals surface area contributed by atoms with Gasteiger partial charge >= 0.3 is 0 Å². The van der Waals surface area contributed by atoms with Crippen LogP contribution in [0.25, 0.3) is 0 Å². The Morgan fingerprint density at radius 3 is 0.705 bits per heavy atom. The maximum atomic E-state index is 5.49. The number of methoxy groups -OCH3 is 4. The first-order valence-corrected chi connectivity index (χ1v) is 16.1. The molecule has 2 fully saturated rings. The molecule has 44 heavy (non-hydrogen) atoms. The monoisotopic (exact) mass is 590 g/mol. The van der Waals surface area contributed by atoms with Gasteiger partial charge in [-0.1, -0.05) is 48.5 Å². The summed E-state index contributed by atoms with van der Waals surface area (Å²) in [5, 5.41) is 0. The zero-order valence-corrected chi connectivity index (χ0v) is 26.6. The van der Waals surface area contributed by atoms with Crippen molar-refractivity contribution >= 4 is 0 Å². The summed E-state index contributed by atoms with van der Waals surface area (Å²) in [6.45, 7) is 0. The summed E-state index contributed by atoms with van der Waals surface area (Å²) < 4.78 is 22.0. The highest BCUT2D eigenvalue weighted by atomic mass is 16.5. The molecular formula is C40H46O4. The molecule has 4 atom stereocenters. The highest BCUT2D eigenvalue weighted by Crippen LogP contribution is 2.53. The van der Waals surface area contributed by atoms with E-state index in [1.165, 1.54) is 60.8 Å². The smallest absolute Gasteiger partial charge is 0.118 e. The molecule has 4 heteroatoms. The van der Waals surface area contributed by atoms with Gasteiger partial charge in [-0.15, -0.1) is 0 Å². The molecule has 4 nitrogen and oxygen atoms in total. The van der Waals surface area contributed by atoms with Crippen LogP contribution >= 0.6 is 0 Å². The first kappa shape index (κ1) is 30.1. The SMILES string of the molecule is COc1ccc(C2CC(c3ccc(OC)cc3)CC(C3CC(c4ccc(OC)cc4)CC(c4ccc(OC)cc4)C3)C2)cc1. The molecule has 0 bridgehead atoms. The van der Waals surface area contributed by atoms with Gasteiger partial charge in [-0.25, -0.2) is 0 Å². The fourth-order valence-corrected chi connectivity index (χ4v) is 8.09. The van der Waals surface area contributed by atoms with Crippen molar-refractivity contribution in [1.29, 1.82) is 0 Å². The Balaban J connectivity index is 1.32. The van der Waals surface area contributed by atoms with Crippen molar-refractivity contribution in [1.82, 2.24) is 0 Å². The topological polar surface area (TPSA) is 36.9 Å². The predicted octanol–water partition coefficient (Wildman–Crippen LogP) is 9.76. The van der Waals surface area contributed by atoms with Gasteiger partial charge in [0.1, 0.15) is 23.0 Å². The molecule has 6 rings (SSSR count). The van der Waals surface area contributed by atoms with E-state index in [0.717, 1.165) is 23.0 Å². The molecule has 4 aromatic rings. The van der Waals surface area contributed by atoms with E-state index in [1.54, 1.807) is 28.4 Å². The lowest BCUT2D eigenvalue weighted by molar-refractivity contribution is 0.147. The van der Waals surface area contributed by atoms with Crippen LogP contribution in [0.5, 0.6) is 23.0 Å². The Morgan fingerprint density at radius 2 is 0.523 bits per heavy atom. The fourth-order valence-electron chi connectivity index (χ4n) is 8.09. The van der Waals surface area contributed by atoms with Crippen molar-refractivity contribution in [3.05, 3.63) is 119 Å². The number of rotatable bonds is 9. The lowest BCUT2D eigenvalue weighted by atomic mass is 9.60. The number of hydrogen-bond donors (Lipinski definition) is 0. The summed E-state index contributed by atoms with van der Waals surface area (Å²) >= 11 is 0. The van der Waals surface area contributed by atoms with Crippen LogP contribution in [0.2, 0.25) is 0 Å². The summed E-state index contributed by atoms with van der Waals surface area (Å²) in [6, 6.07) is 35.3. The Bertz CT molecular complexity index is 1230. The second kappa shape index (κ2) is 13.8. The molecule has 0 N–H and O–H groups in total. The minimum Gasteiger partial charge on any atom is -0.497 e. The van der Waals surface area contributed by atoms with Gasteiger partial charge in [-0.05, 0) is 145 Å². The number of benzene rings is 4. The summed E-state index contributed by atoms with van der Waals surface area (Å²) in [4.78, 5) is 0. The van der Waals surface area contributed by atoms with E-state index < -0.39 is 0 Å². The van der Waals surface area contributed by atoms with Gasteiger partial charge in [-0.2, -0.15) is 0 Å². The molecule has 0 amide bonds. The average Bonchev–Trinajstić information content (AvgIpc) is 3.11. The van der Waals surface area contributed by atoms with Crippen molar-refractivity contribution in [3.8, 4) is 23.0 Å². The lowest BCUT2D eigenvalue weighted by Crippen LogP contribution is -2.31. The Hall–Kier alpha value is -3.92. The predicted molar refractivity (Wildman–Crippen MR) is 178 cm³/mol. The van der Waals surface area contributed by atoms with E-state index in [0.29, 0.717) is 35.5 Å². The maximum absolute atomic E-state index is 5.49. The van der Waals surface area contributed by atoms with Gasteiger partial charge in [0.2, 0.25) is 0 Å². The third-order valence-electron chi connectivity index (χ3n) is 10.5. The fraction of sp³-hybridized carbons (Fsp3) is 0.400. The normalized spacial score (nSPS) is 25.2. The van der Waals surface area contributed by atoms with E-state index in [4.69, 9.17) is 18.9 Å². The van der Waals surface area contributed by atoms with Gasteiger partial charge in [0.15, 0.2) is 0 Å². The summed E-state index contributed by atoms with van der Waals surface area (Å²) in [5.74, 6) is 7.05. The summed E-state index contributed by atoms with van der Waals surface area (Å²) in [7, 11) is 6.97. The number of hydrogen-bond acceptors (Lipinski definition) is 4. The molecule has 4 aromatic carbocycles. The van der Waals surface area contributed by atoms with Gasteiger partial charge in [0.25, 0.3) is 0 Å². The van der Waals surface area contributed by atoms with Crippen molar-refractivity contribution in [2.24, 2.45) is 11.8 Å². The summed E-state index contributed by atoms with van der Waals surface area (Å²) in [6.07, 6.45) is 7.27. The Kier molecular flexibility index (Phi) is 9.45. The molecule has 2 saturated carbocycles. The van der Waals surface area contributed by atoms with Crippen molar-refractivity contribution < 1.29 is 18.9 Å². The van der Waals surface area contributed by atoms with Gasteiger partial charge in [0.05, 0.1) is 28.4 Å². The van der Waals surface area contributed by atoms with E-state index in [1.807, 2.05) is 0 Å². The van der Waals surface area contributed by atoms with Crippen LogP contribution in [0.3, 0.4) is 0 Å². The molecule has 0 saturated heterocycles. The molecule has 4 unspecified atom stereocenters. The highest BCUT2D eigenvalue weighted by Gasteiger charge is 2.39. The molecular weight excluding hydrogens is 544 g/mol. The van der Waals surface area contributed by atoms with Gasteiger partial charge in [-0.3, -0.25) is 0 Å². The molecule has 0 radical (unpaired) electrons. The van der Waals surface area contributed by atoms with Crippen LogP contribution in [0.15, 0.2) is 97.1 Å².